The van der Waals surface area contributed by atoms with Crippen LogP contribution in [0.25, 0.3) is 0 Å². The fourth-order valence-electron chi connectivity index (χ4n) is 1.73. The molecule has 0 aromatic heterocycles. The van der Waals surface area contributed by atoms with Crippen molar-refractivity contribution in [3.05, 3.63) is 29.8 Å². The van der Waals surface area contributed by atoms with Crippen LogP contribution in [-0.2, 0) is 11.2 Å². The molecule has 1 aliphatic rings. The van der Waals surface area contributed by atoms with Crippen molar-refractivity contribution >= 4 is 23.4 Å². The summed E-state index contributed by atoms with van der Waals surface area (Å²) in [6.45, 7) is 2.09. The molecule has 1 amide bonds. The summed E-state index contributed by atoms with van der Waals surface area (Å²) >= 11 is 1.76. The molecule has 16 heavy (non-hydrogen) atoms. The van der Waals surface area contributed by atoms with Crippen molar-refractivity contribution in [2.75, 3.05) is 16.9 Å². The van der Waals surface area contributed by atoms with E-state index < -0.39 is 0 Å². The minimum atomic E-state index is -0.0464. The highest BCUT2D eigenvalue weighted by molar-refractivity contribution is 7.99. The number of rotatable bonds is 3. The van der Waals surface area contributed by atoms with Crippen molar-refractivity contribution < 1.29 is 4.79 Å². The Bertz CT molecular complexity index is 375. The molecule has 0 spiro atoms. The third-order valence-electron chi connectivity index (χ3n) is 2.69. The number of anilines is 1. The van der Waals surface area contributed by atoms with Crippen molar-refractivity contribution in [1.82, 2.24) is 5.32 Å². The lowest BCUT2D eigenvalue weighted by Gasteiger charge is -2.13. The summed E-state index contributed by atoms with van der Waals surface area (Å²) in [5.74, 6) is 1.80. The fourth-order valence-corrected chi connectivity index (χ4v) is 2.68. The van der Waals surface area contributed by atoms with Gasteiger partial charge in [0.1, 0.15) is 0 Å². The molecule has 1 atom stereocenters. The number of amides is 1. The van der Waals surface area contributed by atoms with Gasteiger partial charge < -0.3 is 5.32 Å². The molecule has 1 saturated heterocycles. The van der Waals surface area contributed by atoms with Gasteiger partial charge in [-0.3, -0.25) is 10.1 Å². The molecule has 4 heteroatoms. The van der Waals surface area contributed by atoms with Crippen molar-refractivity contribution in [1.29, 1.82) is 0 Å². The van der Waals surface area contributed by atoms with E-state index in [1.54, 1.807) is 11.8 Å². The fraction of sp³-hybridized carbons (Fsp3) is 0.417. The number of carbonyl (C=O) groups is 1. The van der Waals surface area contributed by atoms with Gasteiger partial charge in [0.25, 0.3) is 0 Å². The first-order valence-corrected chi connectivity index (χ1v) is 6.66. The van der Waals surface area contributed by atoms with E-state index in [0.29, 0.717) is 0 Å². The summed E-state index contributed by atoms with van der Waals surface area (Å²) in [6.07, 6.45) is 0.934. The van der Waals surface area contributed by atoms with Crippen LogP contribution in [0.15, 0.2) is 24.3 Å². The highest BCUT2D eigenvalue weighted by Gasteiger charge is 2.22. The number of benzene rings is 1. The van der Waals surface area contributed by atoms with Gasteiger partial charge in [-0.05, 0) is 18.1 Å². The molecular weight excluding hydrogens is 220 g/mol. The number of aryl methyl sites for hydroxylation is 1. The van der Waals surface area contributed by atoms with E-state index in [9.17, 15) is 4.79 Å². The summed E-state index contributed by atoms with van der Waals surface area (Å²) in [6, 6.07) is 7.91. The van der Waals surface area contributed by atoms with E-state index in [0.717, 1.165) is 23.7 Å². The summed E-state index contributed by atoms with van der Waals surface area (Å²) in [5.41, 5.74) is 2.12. The van der Waals surface area contributed by atoms with Gasteiger partial charge in [0.2, 0.25) is 5.91 Å². The molecule has 0 radical (unpaired) electrons. The largest absolute Gasteiger partial charge is 0.324 e. The van der Waals surface area contributed by atoms with E-state index in [4.69, 9.17) is 0 Å². The van der Waals surface area contributed by atoms with E-state index in [1.165, 1.54) is 5.56 Å². The van der Waals surface area contributed by atoms with Crippen LogP contribution in [0, 0.1) is 0 Å². The molecule has 3 nitrogen and oxygen atoms in total. The Morgan fingerprint density at radius 3 is 3.06 bits per heavy atom. The maximum Gasteiger partial charge on any atom is 0.242 e. The van der Waals surface area contributed by atoms with Gasteiger partial charge in [0.05, 0.1) is 6.04 Å². The van der Waals surface area contributed by atoms with Crippen molar-refractivity contribution in [2.24, 2.45) is 0 Å². The van der Waals surface area contributed by atoms with Gasteiger partial charge in [0.15, 0.2) is 0 Å². The van der Waals surface area contributed by atoms with Crippen LogP contribution in [0.1, 0.15) is 12.5 Å². The molecule has 0 bridgehead atoms. The van der Waals surface area contributed by atoms with Crippen LogP contribution >= 0.6 is 11.8 Å². The lowest BCUT2D eigenvalue weighted by atomic mass is 10.1. The highest BCUT2D eigenvalue weighted by atomic mass is 32.2. The minimum absolute atomic E-state index is 0.0464. The molecular formula is C12H16N2OS. The number of carbonyl (C=O) groups excluding carboxylic acids is 1. The van der Waals surface area contributed by atoms with Gasteiger partial charge in [-0.1, -0.05) is 25.1 Å². The van der Waals surface area contributed by atoms with Gasteiger partial charge in [0, 0.05) is 17.3 Å². The van der Waals surface area contributed by atoms with Crippen molar-refractivity contribution in [3.63, 3.8) is 0 Å². The zero-order valence-corrected chi connectivity index (χ0v) is 10.1. The molecule has 1 aromatic rings. The Kier molecular flexibility index (Phi) is 3.85. The average molecular weight is 236 g/mol. The van der Waals surface area contributed by atoms with Gasteiger partial charge in [-0.15, -0.1) is 11.8 Å². The maximum absolute atomic E-state index is 11.9. The molecule has 2 rings (SSSR count). The zero-order chi connectivity index (χ0) is 11.4. The van der Waals surface area contributed by atoms with Crippen LogP contribution in [0.4, 0.5) is 5.69 Å². The SMILES string of the molecule is CCc1ccccc1NC(=O)C1CSCN1. The second-order valence-corrected chi connectivity index (χ2v) is 4.80. The Labute approximate surface area is 100.0 Å². The Hall–Kier alpha value is -1.000. The smallest absolute Gasteiger partial charge is 0.242 e. The zero-order valence-electron chi connectivity index (χ0n) is 9.32. The van der Waals surface area contributed by atoms with E-state index in [1.807, 2.05) is 24.3 Å². The Balaban J connectivity index is 2.05. The van der Waals surface area contributed by atoms with Crippen LogP contribution in [0.5, 0.6) is 0 Å². The predicted octanol–water partition coefficient (Wildman–Crippen LogP) is 1.85. The lowest BCUT2D eigenvalue weighted by molar-refractivity contribution is -0.117. The molecule has 0 aliphatic carbocycles. The Morgan fingerprint density at radius 1 is 1.56 bits per heavy atom. The topological polar surface area (TPSA) is 41.1 Å². The molecule has 86 valence electrons. The lowest BCUT2D eigenvalue weighted by Crippen LogP contribution is -2.37. The number of nitrogens with one attached hydrogen (secondary N) is 2. The molecule has 1 aromatic carbocycles. The van der Waals surface area contributed by atoms with Crippen LogP contribution in [-0.4, -0.2) is 23.6 Å². The maximum atomic E-state index is 11.9. The number of thioether (sulfide) groups is 1. The molecule has 1 aliphatic heterocycles. The van der Waals surface area contributed by atoms with Crippen molar-refractivity contribution in [3.8, 4) is 0 Å². The van der Waals surface area contributed by atoms with E-state index in [-0.39, 0.29) is 11.9 Å². The first kappa shape index (κ1) is 11.5. The summed E-state index contributed by atoms with van der Waals surface area (Å²) < 4.78 is 0. The third kappa shape index (κ3) is 2.57. The molecule has 0 saturated carbocycles. The molecule has 1 unspecified atom stereocenters. The summed E-state index contributed by atoms with van der Waals surface area (Å²) in [4.78, 5) is 11.9. The average Bonchev–Trinajstić information content (AvgIpc) is 2.83. The predicted molar refractivity (Wildman–Crippen MR) is 68.7 cm³/mol. The van der Waals surface area contributed by atoms with Gasteiger partial charge in [-0.25, -0.2) is 0 Å². The van der Waals surface area contributed by atoms with Crippen molar-refractivity contribution in [2.45, 2.75) is 19.4 Å². The highest BCUT2D eigenvalue weighted by Crippen LogP contribution is 2.17. The van der Waals surface area contributed by atoms with Gasteiger partial charge >= 0.3 is 0 Å². The van der Waals surface area contributed by atoms with Crippen LogP contribution in [0.2, 0.25) is 0 Å². The van der Waals surface area contributed by atoms with E-state index in [2.05, 4.69) is 17.6 Å². The van der Waals surface area contributed by atoms with Crippen LogP contribution < -0.4 is 10.6 Å². The Morgan fingerprint density at radius 2 is 2.38 bits per heavy atom. The quantitative estimate of drug-likeness (QED) is 0.841. The standard InChI is InChI=1S/C12H16N2OS/c1-2-9-5-3-4-6-10(9)14-12(15)11-7-16-8-13-11/h3-6,11,13H,2,7-8H2,1H3,(H,14,15). The number of para-hydroxylation sites is 1. The summed E-state index contributed by atoms with van der Waals surface area (Å²) in [5, 5.41) is 6.15. The van der Waals surface area contributed by atoms with Crippen LogP contribution in [0.3, 0.4) is 0 Å². The normalized spacial score (nSPS) is 19.7. The molecule has 2 N–H and O–H groups in total. The first-order chi connectivity index (χ1) is 7.81. The third-order valence-corrected chi connectivity index (χ3v) is 3.63. The first-order valence-electron chi connectivity index (χ1n) is 5.51. The second kappa shape index (κ2) is 5.37. The minimum Gasteiger partial charge on any atom is -0.324 e. The molecule has 1 fully saturated rings. The van der Waals surface area contributed by atoms with E-state index >= 15 is 0 Å². The van der Waals surface area contributed by atoms with Gasteiger partial charge in [-0.2, -0.15) is 0 Å². The molecule has 1 heterocycles. The monoisotopic (exact) mass is 236 g/mol. The number of hydrogen-bond acceptors (Lipinski definition) is 3. The second-order valence-electron chi connectivity index (χ2n) is 3.77. The number of hydrogen-bond donors (Lipinski definition) is 2. The summed E-state index contributed by atoms with van der Waals surface area (Å²) in [7, 11) is 0.